The van der Waals surface area contributed by atoms with Crippen molar-refractivity contribution in [3.05, 3.63) is 94.8 Å². The molecule has 1 heterocycles. The van der Waals surface area contributed by atoms with Crippen molar-refractivity contribution in [2.75, 3.05) is 11.1 Å². The number of hydrogen-bond donors (Lipinski definition) is 1. The minimum absolute atomic E-state index is 0.0950. The van der Waals surface area contributed by atoms with Gasteiger partial charge in [0.2, 0.25) is 5.91 Å². The monoisotopic (exact) mass is 472 g/mol. The van der Waals surface area contributed by atoms with Crippen LogP contribution in [0.2, 0.25) is 0 Å². The van der Waals surface area contributed by atoms with E-state index in [9.17, 15) is 4.79 Å². The third-order valence-corrected chi connectivity index (χ3v) is 6.31. The van der Waals surface area contributed by atoms with E-state index in [4.69, 9.17) is 4.74 Å². The Labute approximate surface area is 204 Å². The first-order chi connectivity index (χ1) is 16.4. The molecular formula is C27H28N4O2S. The van der Waals surface area contributed by atoms with E-state index in [1.165, 1.54) is 11.8 Å². The minimum atomic E-state index is -0.0950. The van der Waals surface area contributed by atoms with Crippen LogP contribution < -0.4 is 10.1 Å². The number of rotatable bonds is 8. The Morgan fingerprint density at radius 3 is 2.32 bits per heavy atom. The van der Waals surface area contributed by atoms with E-state index in [-0.39, 0.29) is 18.3 Å². The molecule has 0 radical (unpaired) electrons. The van der Waals surface area contributed by atoms with E-state index in [0.717, 1.165) is 39.4 Å². The summed E-state index contributed by atoms with van der Waals surface area (Å²) < 4.78 is 8.11. The normalized spacial score (nSPS) is 10.8. The van der Waals surface area contributed by atoms with E-state index < -0.39 is 0 Å². The zero-order valence-electron chi connectivity index (χ0n) is 19.8. The van der Waals surface area contributed by atoms with Gasteiger partial charge in [-0.2, -0.15) is 0 Å². The topological polar surface area (TPSA) is 69.0 Å². The molecule has 0 aliphatic rings. The summed E-state index contributed by atoms with van der Waals surface area (Å²) in [5, 5.41) is 12.4. The van der Waals surface area contributed by atoms with Gasteiger partial charge in [-0.1, -0.05) is 59.8 Å². The van der Waals surface area contributed by atoms with Crippen LogP contribution in [0.15, 0.2) is 71.9 Å². The second-order valence-corrected chi connectivity index (χ2v) is 9.23. The van der Waals surface area contributed by atoms with Crippen molar-refractivity contribution in [2.24, 2.45) is 0 Å². The standard InChI is InChI=1S/C27H28N4O2S/c1-18-11-13-23(14-12-18)31-24(16-33-26-20(3)8-6-9-21(26)4)29-30-27(31)34-17-25(32)28-22-10-5-7-19(2)15-22/h5-15H,16-17H2,1-4H3,(H,28,32). The quantitative estimate of drug-likeness (QED) is 0.328. The van der Waals surface area contributed by atoms with Gasteiger partial charge >= 0.3 is 0 Å². The second-order valence-electron chi connectivity index (χ2n) is 8.29. The molecule has 1 amide bonds. The lowest BCUT2D eigenvalue weighted by atomic mass is 10.1. The number of ether oxygens (including phenoxy) is 1. The molecule has 0 unspecified atom stereocenters. The number of hydrogen-bond acceptors (Lipinski definition) is 5. The molecule has 0 saturated heterocycles. The molecule has 6 nitrogen and oxygen atoms in total. The average Bonchev–Trinajstić information content (AvgIpc) is 3.21. The van der Waals surface area contributed by atoms with Gasteiger partial charge in [0.15, 0.2) is 11.0 Å². The van der Waals surface area contributed by atoms with Crippen LogP contribution in [0.5, 0.6) is 5.75 Å². The number of thioether (sulfide) groups is 1. The van der Waals surface area contributed by atoms with Crippen LogP contribution in [0.3, 0.4) is 0 Å². The first-order valence-electron chi connectivity index (χ1n) is 11.1. The van der Waals surface area contributed by atoms with Crippen LogP contribution in [0.4, 0.5) is 5.69 Å². The molecule has 34 heavy (non-hydrogen) atoms. The molecular weight excluding hydrogens is 444 g/mol. The smallest absolute Gasteiger partial charge is 0.234 e. The largest absolute Gasteiger partial charge is 0.485 e. The molecule has 3 aromatic carbocycles. The van der Waals surface area contributed by atoms with Gasteiger partial charge in [-0.05, 0) is 68.7 Å². The summed E-state index contributed by atoms with van der Waals surface area (Å²) >= 11 is 1.35. The molecule has 0 atom stereocenters. The second kappa shape index (κ2) is 10.6. The summed E-state index contributed by atoms with van der Waals surface area (Å²) in [5.41, 5.74) is 6.12. The van der Waals surface area contributed by atoms with Crippen molar-refractivity contribution in [1.29, 1.82) is 0 Å². The molecule has 0 saturated carbocycles. The Morgan fingerprint density at radius 2 is 1.62 bits per heavy atom. The van der Waals surface area contributed by atoms with Gasteiger partial charge in [0, 0.05) is 11.4 Å². The van der Waals surface area contributed by atoms with Gasteiger partial charge in [-0.3, -0.25) is 9.36 Å². The number of nitrogens with zero attached hydrogens (tertiary/aromatic N) is 3. The lowest BCUT2D eigenvalue weighted by molar-refractivity contribution is -0.113. The molecule has 0 aliphatic carbocycles. The Hall–Kier alpha value is -3.58. The van der Waals surface area contributed by atoms with E-state index in [0.29, 0.717) is 11.0 Å². The zero-order chi connectivity index (χ0) is 24.1. The van der Waals surface area contributed by atoms with Gasteiger partial charge < -0.3 is 10.1 Å². The van der Waals surface area contributed by atoms with Crippen LogP contribution in [0.25, 0.3) is 5.69 Å². The van der Waals surface area contributed by atoms with Crippen LogP contribution in [-0.2, 0) is 11.4 Å². The third kappa shape index (κ3) is 5.66. The summed E-state index contributed by atoms with van der Waals surface area (Å²) in [4.78, 5) is 12.6. The highest BCUT2D eigenvalue weighted by Gasteiger charge is 2.17. The highest BCUT2D eigenvalue weighted by Crippen LogP contribution is 2.26. The molecule has 4 rings (SSSR count). The third-order valence-electron chi connectivity index (χ3n) is 5.38. The number of aromatic nitrogens is 3. The van der Waals surface area contributed by atoms with Crippen LogP contribution in [-0.4, -0.2) is 26.4 Å². The van der Waals surface area contributed by atoms with Gasteiger partial charge in [0.25, 0.3) is 0 Å². The van der Waals surface area contributed by atoms with Crippen molar-refractivity contribution in [3.63, 3.8) is 0 Å². The highest BCUT2D eigenvalue weighted by molar-refractivity contribution is 7.99. The summed E-state index contributed by atoms with van der Waals surface area (Å²) in [6.07, 6.45) is 0. The number of anilines is 1. The Bertz CT molecular complexity index is 1280. The van der Waals surface area contributed by atoms with E-state index in [1.807, 2.05) is 99.0 Å². The summed E-state index contributed by atoms with van der Waals surface area (Å²) in [6.45, 7) is 8.37. The number of carbonyl (C=O) groups excluding carboxylic acids is 1. The molecule has 4 aromatic rings. The molecule has 1 N–H and O–H groups in total. The summed E-state index contributed by atoms with van der Waals surface area (Å²) in [7, 11) is 0. The van der Waals surface area contributed by atoms with Crippen molar-refractivity contribution in [2.45, 2.75) is 39.5 Å². The van der Waals surface area contributed by atoms with Crippen LogP contribution >= 0.6 is 11.8 Å². The first-order valence-corrected chi connectivity index (χ1v) is 12.1. The van der Waals surface area contributed by atoms with E-state index in [2.05, 4.69) is 15.5 Å². The SMILES string of the molecule is Cc1ccc(-n2c(COc3c(C)cccc3C)nnc2SCC(=O)Nc2cccc(C)c2)cc1. The maximum atomic E-state index is 12.6. The zero-order valence-corrected chi connectivity index (χ0v) is 20.6. The number of benzene rings is 3. The Balaban J connectivity index is 1.54. The lowest BCUT2D eigenvalue weighted by Crippen LogP contribution is -2.15. The van der Waals surface area contributed by atoms with Gasteiger partial charge in [-0.25, -0.2) is 0 Å². The number of aryl methyl sites for hydroxylation is 4. The van der Waals surface area contributed by atoms with Gasteiger partial charge in [-0.15, -0.1) is 10.2 Å². The Morgan fingerprint density at radius 1 is 0.912 bits per heavy atom. The maximum absolute atomic E-state index is 12.6. The molecule has 0 spiro atoms. The van der Waals surface area contributed by atoms with Gasteiger partial charge in [0.1, 0.15) is 12.4 Å². The van der Waals surface area contributed by atoms with E-state index >= 15 is 0 Å². The minimum Gasteiger partial charge on any atom is -0.485 e. The summed E-state index contributed by atoms with van der Waals surface area (Å²) in [6, 6.07) is 22.0. The number of nitrogens with one attached hydrogen (secondary N) is 1. The molecule has 1 aromatic heterocycles. The fourth-order valence-corrected chi connectivity index (χ4v) is 4.42. The number of carbonyl (C=O) groups is 1. The fraction of sp³-hybridized carbons (Fsp3) is 0.222. The molecule has 0 fully saturated rings. The lowest BCUT2D eigenvalue weighted by Gasteiger charge is -2.14. The number of amides is 1. The van der Waals surface area contributed by atoms with Crippen LogP contribution in [0.1, 0.15) is 28.1 Å². The molecule has 174 valence electrons. The Kier molecular flexibility index (Phi) is 7.33. The highest BCUT2D eigenvalue weighted by atomic mass is 32.2. The maximum Gasteiger partial charge on any atom is 0.234 e. The van der Waals surface area contributed by atoms with Gasteiger partial charge in [0.05, 0.1) is 5.75 Å². The van der Waals surface area contributed by atoms with Crippen LogP contribution in [0, 0.1) is 27.7 Å². The van der Waals surface area contributed by atoms with Crippen molar-refractivity contribution in [1.82, 2.24) is 14.8 Å². The predicted octanol–water partition coefficient (Wildman–Crippen LogP) is 5.81. The van der Waals surface area contributed by atoms with Crippen molar-refractivity contribution >= 4 is 23.4 Å². The van der Waals surface area contributed by atoms with Crippen molar-refractivity contribution in [3.8, 4) is 11.4 Å². The molecule has 0 bridgehead atoms. The summed E-state index contributed by atoms with van der Waals surface area (Å²) in [5.74, 6) is 1.65. The molecule has 7 heteroatoms. The predicted molar refractivity (Wildman–Crippen MR) is 137 cm³/mol. The molecule has 0 aliphatic heterocycles. The average molecular weight is 473 g/mol. The fourth-order valence-electron chi connectivity index (χ4n) is 3.65. The first kappa shape index (κ1) is 23.6. The number of para-hydroxylation sites is 1. The van der Waals surface area contributed by atoms with Crippen molar-refractivity contribution < 1.29 is 9.53 Å². The van der Waals surface area contributed by atoms with E-state index in [1.54, 1.807) is 0 Å².